The van der Waals surface area contributed by atoms with E-state index in [2.05, 4.69) is 21.0 Å². The van der Waals surface area contributed by atoms with Crippen molar-refractivity contribution in [2.75, 3.05) is 0 Å². The maximum absolute atomic E-state index is 10.9. The zero-order valence-electron chi connectivity index (χ0n) is 8.14. The fraction of sp³-hybridized carbons (Fsp3) is 0.0909. The molecule has 0 spiro atoms. The molecular formula is C11H9BrN2O. The largest absolute Gasteiger partial charge is 0.298 e. The van der Waals surface area contributed by atoms with Crippen LogP contribution in [0.2, 0.25) is 0 Å². The number of aldehydes is 1. The third kappa shape index (κ3) is 1.72. The molecule has 0 radical (unpaired) electrons. The van der Waals surface area contributed by atoms with E-state index in [0.29, 0.717) is 5.56 Å². The second kappa shape index (κ2) is 3.98. The van der Waals surface area contributed by atoms with Crippen LogP contribution in [0.3, 0.4) is 0 Å². The van der Waals surface area contributed by atoms with Gasteiger partial charge in [0, 0.05) is 17.1 Å². The minimum atomic E-state index is 0.601. The van der Waals surface area contributed by atoms with E-state index in [1.807, 2.05) is 31.3 Å². The summed E-state index contributed by atoms with van der Waals surface area (Å²) >= 11 is 3.46. The van der Waals surface area contributed by atoms with E-state index in [1.54, 1.807) is 10.9 Å². The van der Waals surface area contributed by atoms with E-state index in [1.165, 1.54) is 0 Å². The zero-order valence-corrected chi connectivity index (χ0v) is 9.73. The second-order valence-electron chi connectivity index (χ2n) is 3.17. The van der Waals surface area contributed by atoms with Gasteiger partial charge in [-0.05, 0) is 6.07 Å². The minimum Gasteiger partial charge on any atom is -0.298 e. The zero-order chi connectivity index (χ0) is 10.8. The van der Waals surface area contributed by atoms with Crippen molar-refractivity contribution in [3.05, 3.63) is 40.5 Å². The van der Waals surface area contributed by atoms with Crippen molar-refractivity contribution < 1.29 is 4.79 Å². The summed E-state index contributed by atoms with van der Waals surface area (Å²) in [6.45, 7) is 0. The summed E-state index contributed by atoms with van der Waals surface area (Å²) in [6.07, 6.45) is 2.39. The molecule has 76 valence electrons. The van der Waals surface area contributed by atoms with Crippen LogP contribution in [0, 0.1) is 0 Å². The van der Waals surface area contributed by atoms with Gasteiger partial charge in [0.25, 0.3) is 0 Å². The summed E-state index contributed by atoms with van der Waals surface area (Å²) < 4.78 is 2.65. The molecule has 2 rings (SSSR count). The van der Waals surface area contributed by atoms with Crippen molar-refractivity contribution in [3.63, 3.8) is 0 Å². The first kappa shape index (κ1) is 10.1. The van der Waals surface area contributed by atoms with Crippen LogP contribution < -0.4 is 0 Å². The van der Waals surface area contributed by atoms with Crippen LogP contribution in [0.15, 0.2) is 34.9 Å². The number of aromatic nitrogens is 2. The first-order chi connectivity index (χ1) is 7.24. The maximum Gasteiger partial charge on any atom is 0.153 e. The average Bonchev–Trinajstić information content (AvgIpc) is 2.60. The highest BCUT2D eigenvalue weighted by molar-refractivity contribution is 9.10. The third-order valence-electron chi connectivity index (χ3n) is 2.22. The molecule has 0 fully saturated rings. The Hall–Kier alpha value is -1.42. The molecular weight excluding hydrogens is 256 g/mol. The van der Waals surface area contributed by atoms with Gasteiger partial charge < -0.3 is 0 Å². The molecule has 2 aromatic rings. The molecule has 0 N–H and O–H groups in total. The molecule has 1 aromatic carbocycles. The summed E-state index contributed by atoms with van der Waals surface area (Å²) in [7, 11) is 1.82. The van der Waals surface area contributed by atoms with Crippen LogP contribution in [-0.2, 0) is 7.05 Å². The molecule has 0 aliphatic rings. The third-order valence-corrected chi connectivity index (χ3v) is 2.91. The number of carbonyl (C=O) groups is 1. The Balaban J connectivity index is 2.68. The molecule has 0 saturated carbocycles. The second-order valence-corrected chi connectivity index (χ2v) is 4.02. The van der Waals surface area contributed by atoms with E-state index in [0.717, 1.165) is 22.0 Å². The predicted octanol–water partition coefficient (Wildman–Crippen LogP) is 2.66. The van der Waals surface area contributed by atoms with Gasteiger partial charge in [-0.15, -0.1) is 0 Å². The number of rotatable bonds is 2. The van der Waals surface area contributed by atoms with Crippen LogP contribution in [0.5, 0.6) is 0 Å². The molecule has 0 bridgehead atoms. The van der Waals surface area contributed by atoms with Crippen LogP contribution in [0.1, 0.15) is 10.4 Å². The summed E-state index contributed by atoms with van der Waals surface area (Å²) in [5, 5.41) is 4.07. The van der Waals surface area contributed by atoms with Gasteiger partial charge in [-0.3, -0.25) is 9.48 Å². The average molecular weight is 265 g/mol. The van der Waals surface area contributed by atoms with Gasteiger partial charge in [-0.1, -0.05) is 34.1 Å². The lowest BCUT2D eigenvalue weighted by atomic mass is 10.1. The Bertz CT molecular complexity index is 505. The number of hydrogen-bond donors (Lipinski definition) is 0. The van der Waals surface area contributed by atoms with Crippen LogP contribution in [0.4, 0.5) is 0 Å². The van der Waals surface area contributed by atoms with Gasteiger partial charge in [-0.25, -0.2) is 0 Å². The van der Waals surface area contributed by atoms with Gasteiger partial charge in [0.2, 0.25) is 0 Å². The van der Waals surface area contributed by atoms with Gasteiger partial charge >= 0.3 is 0 Å². The SMILES string of the molecule is Cn1ncc(C=O)c1-c1ccccc1Br. The number of aryl methyl sites for hydroxylation is 1. The Morgan fingerprint density at radius 3 is 2.80 bits per heavy atom. The van der Waals surface area contributed by atoms with Crippen molar-refractivity contribution in [2.24, 2.45) is 7.05 Å². The normalized spacial score (nSPS) is 10.3. The molecule has 0 unspecified atom stereocenters. The lowest BCUT2D eigenvalue weighted by Gasteiger charge is -2.05. The van der Waals surface area contributed by atoms with Crippen LogP contribution in [-0.4, -0.2) is 16.1 Å². The van der Waals surface area contributed by atoms with Crippen molar-refractivity contribution in [1.82, 2.24) is 9.78 Å². The van der Waals surface area contributed by atoms with Crippen molar-refractivity contribution in [2.45, 2.75) is 0 Å². The quantitative estimate of drug-likeness (QED) is 0.782. The van der Waals surface area contributed by atoms with E-state index in [-0.39, 0.29) is 0 Å². The minimum absolute atomic E-state index is 0.601. The topological polar surface area (TPSA) is 34.9 Å². The lowest BCUT2D eigenvalue weighted by molar-refractivity contribution is 0.112. The van der Waals surface area contributed by atoms with Crippen LogP contribution in [0.25, 0.3) is 11.3 Å². The van der Waals surface area contributed by atoms with E-state index >= 15 is 0 Å². The molecule has 0 aliphatic carbocycles. The van der Waals surface area contributed by atoms with Crippen LogP contribution >= 0.6 is 15.9 Å². The molecule has 3 nitrogen and oxygen atoms in total. The molecule has 1 heterocycles. The summed E-state index contributed by atoms with van der Waals surface area (Å²) in [6, 6.07) is 7.76. The molecule has 0 atom stereocenters. The Labute approximate surface area is 95.9 Å². The fourth-order valence-corrected chi connectivity index (χ4v) is 2.00. The summed E-state index contributed by atoms with van der Waals surface area (Å²) in [4.78, 5) is 10.9. The number of carbonyl (C=O) groups excluding carboxylic acids is 1. The Morgan fingerprint density at radius 1 is 1.40 bits per heavy atom. The summed E-state index contributed by atoms with van der Waals surface area (Å²) in [5.74, 6) is 0. The smallest absolute Gasteiger partial charge is 0.153 e. The number of halogens is 1. The van der Waals surface area contributed by atoms with Gasteiger partial charge in [0.15, 0.2) is 6.29 Å². The van der Waals surface area contributed by atoms with Gasteiger partial charge in [0.1, 0.15) is 0 Å². The Kier molecular flexibility index (Phi) is 2.68. The monoisotopic (exact) mass is 264 g/mol. The molecule has 4 heteroatoms. The molecule has 1 aromatic heterocycles. The summed E-state index contributed by atoms with van der Waals surface area (Å²) in [5.41, 5.74) is 2.40. The number of nitrogens with zero attached hydrogens (tertiary/aromatic N) is 2. The highest BCUT2D eigenvalue weighted by Crippen LogP contribution is 2.29. The molecule has 15 heavy (non-hydrogen) atoms. The fourth-order valence-electron chi connectivity index (χ4n) is 1.52. The molecule has 0 amide bonds. The van der Waals surface area contributed by atoms with E-state index in [4.69, 9.17) is 0 Å². The first-order valence-corrected chi connectivity index (χ1v) is 5.25. The highest BCUT2D eigenvalue weighted by Gasteiger charge is 2.12. The highest BCUT2D eigenvalue weighted by atomic mass is 79.9. The van der Waals surface area contributed by atoms with Gasteiger partial charge in [0.05, 0.1) is 17.5 Å². The number of benzene rings is 1. The standard InChI is InChI=1S/C11H9BrN2O/c1-14-11(8(7-15)6-13-14)9-4-2-3-5-10(9)12/h2-7H,1H3. The molecule has 0 saturated heterocycles. The van der Waals surface area contributed by atoms with Crippen molar-refractivity contribution in [3.8, 4) is 11.3 Å². The predicted molar refractivity (Wildman–Crippen MR) is 61.7 cm³/mol. The maximum atomic E-state index is 10.9. The Morgan fingerprint density at radius 2 is 2.13 bits per heavy atom. The lowest BCUT2D eigenvalue weighted by Crippen LogP contribution is -1.95. The van der Waals surface area contributed by atoms with E-state index < -0.39 is 0 Å². The van der Waals surface area contributed by atoms with Gasteiger partial charge in [-0.2, -0.15) is 5.10 Å². The van der Waals surface area contributed by atoms with Crippen molar-refractivity contribution >= 4 is 22.2 Å². The van der Waals surface area contributed by atoms with E-state index in [9.17, 15) is 4.79 Å². The van der Waals surface area contributed by atoms with Crippen molar-refractivity contribution in [1.29, 1.82) is 0 Å². The number of hydrogen-bond acceptors (Lipinski definition) is 2. The first-order valence-electron chi connectivity index (χ1n) is 4.46. The molecule has 0 aliphatic heterocycles.